The van der Waals surface area contributed by atoms with Gasteiger partial charge in [-0.3, -0.25) is 0 Å². The van der Waals surface area contributed by atoms with Gasteiger partial charge in [0.2, 0.25) is 0 Å². The van der Waals surface area contributed by atoms with Crippen molar-refractivity contribution in [1.82, 2.24) is 9.97 Å². The molecular weight excluding hydrogens is 352 g/mol. The van der Waals surface area contributed by atoms with Gasteiger partial charge < -0.3 is 0 Å². The van der Waals surface area contributed by atoms with Crippen LogP contribution in [0.2, 0.25) is 0 Å². The lowest BCUT2D eigenvalue weighted by Crippen LogP contribution is -2.31. The lowest BCUT2D eigenvalue weighted by Gasteiger charge is -2.39. The van der Waals surface area contributed by atoms with Gasteiger partial charge in [0.15, 0.2) is 0 Å². The van der Waals surface area contributed by atoms with Crippen molar-refractivity contribution in [2.45, 2.75) is 123 Å². The average molecular weight is 399 g/mol. The predicted molar refractivity (Wildman–Crippen MR) is 124 cm³/mol. The normalized spacial score (nSPS) is 24.5. The van der Waals surface area contributed by atoms with Gasteiger partial charge in [0.1, 0.15) is 5.82 Å². The minimum atomic E-state index is 0.827. The lowest BCUT2D eigenvalue weighted by molar-refractivity contribution is 0.123. The number of nitrogens with zero attached hydrogens (tertiary/aromatic N) is 2. The van der Waals surface area contributed by atoms with Gasteiger partial charge >= 0.3 is 0 Å². The molecular formula is C27H46N2. The Balaban J connectivity index is 1.55. The van der Waals surface area contributed by atoms with Crippen molar-refractivity contribution in [3.8, 4) is 0 Å². The zero-order valence-corrected chi connectivity index (χ0v) is 19.4. The van der Waals surface area contributed by atoms with Gasteiger partial charge in [0.05, 0.1) is 0 Å². The SMILES string of the molecule is CCCCCCCc1cnc(CC(C2CCCCC2)C2CCC(CC)CC2)nc1. The fourth-order valence-electron chi connectivity index (χ4n) is 6.06. The molecule has 29 heavy (non-hydrogen) atoms. The van der Waals surface area contributed by atoms with Gasteiger partial charge in [-0.15, -0.1) is 0 Å². The molecule has 1 unspecified atom stereocenters. The third kappa shape index (κ3) is 7.37. The third-order valence-electron chi connectivity index (χ3n) is 8.08. The zero-order chi connectivity index (χ0) is 20.3. The molecule has 3 rings (SSSR count). The van der Waals surface area contributed by atoms with Crippen LogP contribution in [0, 0.1) is 23.7 Å². The second-order valence-corrected chi connectivity index (χ2v) is 10.1. The summed E-state index contributed by atoms with van der Waals surface area (Å²) in [6.45, 7) is 4.66. The number of hydrogen-bond acceptors (Lipinski definition) is 2. The second-order valence-electron chi connectivity index (χ2n) is 10.1. The fourth-order valence-corrected chi connectivity index (χ4v) is 6.06. The van der Waals surface area contributed by atoms with Crippen molar-refractivity contribution >= 4 is 0 Å². The molecule has 2 aliphatic carbocycles. The van der Waals surface area contributed by atoms with Crippen LogP contribution >= 0.6 is 0 Å². The topological polar surface area (TPSA) is 25.8 Å². The van der Waals surface area contributed by atoms with Crippen molar-refractivity contribution in [3.05, 3.63) is 23.8 Å². The summed E-state index contributed by atoms with van der Waals surface area (Å²) < 4.78 is 0. The first-order valence-corrected chi connectivity index (χ1v) is 13.1. The van der Waals surface area contributed by atoms with Crippen LogP contribution in [-0.2, 0) is 12.8 Å². The zero-order valence-electron chi connectivity index (χ0n) is 19.4. The van der Waals surface area contributed by atoms with Gasteiger partial charge in [-0.2, -0.15) is 0 Å². The van der Waals surface area contributed by atoms with E-state index in [0.717, 1.165) is 42.3 Å². The highest BCUT2D eigenvalue weighted by Crippen LogP contribution is 2.43. The van der Waals surface area contributed by atoms with Crippen LogP contribution < -0.4 is 0 Å². The van der Waals surface area contributed by atoms with Crippen molar-refractivity contribution in [2.75, 3.05) is 0 Å². The Bertz CT molecular complexity index is 538. The lowest BCUT2D eigenvalue weighted by atomic mass is 9.66. The van der Waals surface area contributed by atoms with E-state index >= 15 is 0 Å². The number of unbranched alkanes of at least 4 members (excludes halogenated alkanes) is 4. The van der Waals surface area contributed by atoms with Gasteiger partial charge in [0.25, 0.3) is 0 Å². The number of aryl methyl sites for hydroxylation is 1. The first kappa shape index (κ1) is 22.8. The summed E-state index contributed by atoms with van der Waals surface area (Å²) in [6.07, 6.45) is 27.7. The van der Waals surface area contributed by atoms with E-state index in [1.807, 2.05) is 0 Å². The summed E-state index contributed by atoms with van der Waals surface area (Å²) in [5, 5.41) is 0. The Morgan fingerprint density at radius 1 is 0.793 bits per heavy atom. The molecule has 0 N–H and O–H groups in total. The molecule has 1 aromatic rings. The molecule has 0 radical (unpaired) electrons. The molecule has 164 valence electrons. The quantitative estimate of drug-likeness (QED) is 0.353. The Labute approximate surface area is 180 Å². The Morgan fingerprint density at radius 2 is 1.45 bits per heavy atom. The first-order valence-electron chi connectivity index (χ1n) is 13.1. The molecule has 2 saturated carbocycles. The van der Waals surface area contributed by atoms with Crippen LogP contribution in [0.5, 0.6) is 0 Å². The maximum atomic E-state index is 4.84. The molecule has 0 aromatic carbocycles. The maximum Gasteiger partial charge on any atom is 0.128 e. The Morgan fingerprint density at radius 3 is 2.10 bits per heavy atom. The molecule has 0 bridgehead atoms. The van der Waals surface area contributed by atoms with Crippen LogP contribution in [-0.4, -0.2) is 9.97 Å². The van der Waals surface area contributed by atoms with E-state index in [1.165, 1.54) is 102 Å². The smallest absolute Gasteiger partial charge is 0.128 e. The van der Waals surface area contributed by atoms with Crippen LogP contribution in [0.1, 0.15) is 122 Å². The molecule has 1 heterocycles. The first-order chi connectivity index (χ1) is 14.3. The second kappa shape index (κ2) is 12.7. The highest BCUT2D eigenvalue weighted by Gasteiger charge is 2.33. The maximum absolute atomic E-state index is 4.84. The summed E-state index contributed by atoms with van der Waals surface area (Å²) in [4.78, 5) is 9.69. The van der Waals surface area contributed by atoms with Crippen molar-refractivity contribution in [3.63, 3.8) is 0 Å². The monoisotopic (exact) mass is 398 g/mol. The Hall–Kier alpha value is -0.920. The average Bonchev–Trinajstić information content (AvgIpc) is 2.79. The van der Waals surface area contributed by atoms with Gasteiger partial charge in [0, 0.05) is 18.8 Å². The molecule has 0 spiro atoms. The van der Waals surface area contributed by atoms with E-state index in [0.29, 0.717) is 0 Å². The van der Waals surface area contributed by atoms with E-state index in [1.54, 1.807) is 0 Å². The summed E-state index contributed by atoms with van der Waals surface area (Å²) in [5.41, 5.74) is 1.34. The predicted octanol–water partition coefficient (Wildman–Crippen LogP) is 7.94. The molecule has 0 amide bonds. The van der Waals surface area contributed by atoms with Crippen molar-refractivity contribution < 1.29 is 0 Å². The molecule has 0 aliphatic heterocycles. The molecule has 2 fully saturated rings. The molecule has 2 heteroatoms. The largest absolute Gasteiger partial charge is 0.241 e. The minimum absolute atomic E-state index is 0.827. The van der Waals surface area contributed by atoms with Crippen LogP contribution in [0.4, 0.5) is 0 Å². The molecule has 0 saturated heterocycles. The number of rotatable bonds is 11. The van der Waals surface area contributed by atoms with Crippen LogP contribution in [0.3, 0.4) is 0 Å². The van der Waals surface area contributed by atoms with E-state index in [4.69, 9.17) is 9.97 Å². The van der Waals surface area contributed by atoms with E-state index in [2.05, 4.69) is 26.2 Å². The molecule has 1 aromatic heterocycles. The molecule has 2 aliphatic rings. The van der Waals surface area contributed by atoms with Gasteiger partial charge in [-0.05, 0) is 54.9 Å². The Kier molecular flexibility index (Phi) is 9.97. The van der Waals surface area contributed by atoms with Crippen LogP contribution in [0.15, 0.2) is 12.4 Å². The highest BCUT2D eigenvalue weighted by molar-refractivity contribution is 5.06. The van der Waals surface area contributed by atoms with E-state index in [-0.39, 0.29) is 0 Å². The minimum Gasteiger partial charge on any atom is -0.241 e. The standard InChI is InChI=1S/C27H46N2/c1-3-5-6-7-9-12-23-20-28-27(29-21-23)19-26(24-13-10-8-11-14-24)25-17-15-22(4-2)16-18-25/h20-22,24-26H,3-19H2,1-2H3. The van der Waals surface area contributed by atoms with Gasteiger partial charge in [-0.25, -0.2) is 9.97 Å². The third-order valence-corrected chi connectivity index (χ3v) is 8.08. The highest BCUT2D eigenvalue weighted by atomic mass is 14.9. The van der Waals surface area contributed by atoms with E-state index in [9.17, 15) is 0 Å². The summed E-state index contributed by atoms with van der Waals surface area (Å²) in [5.74, 6) is 4.78. The summed E-state index contributed by atoms with van der Waals surface area (Å²) in [6, 6.07) is 0. The fraction of sp³-hybridized carbons (Fsp3) is 0.852. The number of hydrogen-bond donors (Lipinski definition) is 0. The summed E-state index contributed by atoms with van der Waals surface area (Å²) >= 11 is 0. The molecule has 2 nitrogen and oxygen atoms in total. The van der Waals surface area contributed by atoms with Gasteiger partial charge in [-0.1, -0.05) is 90.9 Å². The number of aromatic nitrogens is 2. The van der Waals surface area contributed by atoms with E-state index < -0.39 is 0 Å². The molecule has 1 atom stereocenters. The van der Waals surface area contributed by atoms with Crippen molar-refractivity contribution in [2.24, 2.45) is 23.7 Å². The summed E-state index contributed by atoms with van der Waals surface area (Å²) in [7, 11) is 0. The van der Waals surface area contributed by atoms with Crippen LogP contribution in [0.25, 0.3) is 0 Å². The van der Waals surface area contributed by atoms with Crippen molar-refractivity contribution in [1.29, 1.82) is 0 Å².